The van der Waals surface area contributed by atoms with E-state index < -0.39 is 0 Å². The number of carbonyl (C=O) groups excluding carboxylic acids is 1. The molecule has 0 spiro atoms. The van der Waals surface area contributed by atoms with Crippen molar-refractivity contribution in [2.45, 2.75) is 50.4 Å². The Kier molecular flexibility index (Phi) is 6.53. The maximum Gasteiger partial charge on any atom is 0.230 e. The van der Waals surface area contributed by atoms with Gasteiger partial charge >= 0.3 is 0 Å². The number of aryl methyl sites for hydroxylation is 1. The molecule has 1 saturated carbocycles. The third-order valence-electron chi connectivity index (χ3n) is 5.06. The average Bonchev–Trinajstić information content (AvgIpc) is 3.05. The molecular formula is C19H26N4OS2. The molecule has 5 nitrogen and oxygen atoms in total. The number of nitrogens with one attached hydrogen (secondary N) is 2. The molecule has 2 aromatic rings. The Hall–Kier alpha value is -1.60. The molecule has 1 aromatic heterocycles. The predicted octanol–water partition coefficient (Wildman–Crippen LogP) is 4.62. The van der Waals surface area contributed by atoms with Gasteiger partial charge in [-0.3, -0.25) is 4.79 Å². The van der Waals surface area contributed by atoms with Crippen molar-refractivity contribution in [1.82, 2.24) is 15.5 Å². The van der Waals surface area contributed by atoms with Crippen LogP contribution in [0.3, 0.4) is 0 Å². The Morgan fingerprint density at radius 1 is 1.31 bits per heavy atom. The molecule has 0 unspecified atom stereocenters. The Morgan fingerprint density at radius 2 is 2.15 bits per heavy atom. The van der Waals surface area contributed by atoms with Crippen LogP contribution in [-0.4, -0.2) is 27.9 Å². The number of thioether (sulfide) groups is 1. The molecule has 0 aliphatic heterocycles. The largest absolute Gasteiger partial charge is 0.352 e. The van der Waals surface area contributed by atoms with Crippen LogP contribution in [0.15, 0.2) is 28.6 Å². The van der Waals surface area contributed by atoms with E-state index >= 15 is 0 Å². The van der Waals surface area contributed by atoms with Crippen LogP contribution >= 0.6 is 23.1 Å². The minimum Gasteiger partial charge on any atom is -0.352 e. The molecule has 0 bridgehead atoms. The molecule has 0 radical (unpaired) electrons. The van der Waals surface area contributed by atoms with Gasteiger partial charge in [0.15, 0.2) is 4.34 Å². The summed E-state index contributed by atoms with van der Waals surface area (Å²) in [7, 11) is 0. The molecule has 0 saturated heterocycles. The van der Waals surface area contributed by atoms with Gasteiger partial charge in [-0.25, -0.2) is 0 Å². The van der Waals surface area contributed by atoms with Crippen molar-refractivity contribution in [3.8, 4) is 0 Å². The van der Waals surface area contributed by atoms with Crippen molar-refractivity contribution in [2.24, 2.45) is 11.8 Å². The molecule has 3 atom stereocenters. The molecule has 1 amide bonds. The summed E-state index contributed by atoms with van der Waals surface area (Å²) in [5.74, 6) is 1.70. The Labute approximate surface area is 163 Å². The van der Waals surface area contributed by atoms with E-state index in [0.29, 0.717) is 23.6 Å². The number of benzene rings is 1. The van der Waals surface area contributed by atoms with E-state index in [1.54, 1.807) is 0 Å². The topological polar surface area (TPSA) is 66.9 Å². The number of rotatable bonds is 6. The molecule has 26 heavy (non-hydrogen) atoms. The summed E-state index contributed by atoms with van der Waals surface area (Å²) in [6, 6.07) is 8.43. The maximum absolute atomic E-state index is 12.3. The first-order valence-electron chi connectivity index (χ1n) is 9.10. The van der Waals surface area contributed by atoms with Crippen LogP contribution in [0.1, 0.15) is 38.7 Å². The van der Waals surface area contributed by atoms with Gasteiger partial charge in [-0.05, 0) is 42.9 Å². The highest BCUT2D eigenvalue weighted by atomic mass is 32.2. The zero-order valence-electron chi connectivity index (χ0n) is 15.5. The van der Waals surface area contributed by atoms with E-state index in [9.17, 15) is 4.79 Å². The first kappa shape index (κ1) is 19.2. The lowest BCUT2D eigenvalue weighted by atomic mass is 9.78. The summed E-state index contributed by atoms with van der Waals surface area (Å²) < 4.78 is 0.806. The molecule has 1 aliphatic carbocycles. The van der Waals surface area contributed by atoms with E-state index in [0.717, 1.165) is 21.6 Å². The van der Waals surface area contributed by atoms with E-state index in [-0.39, 0.29) is 5.91 Å². The first-order valence-corrected chi connectivity index (χ1v) is 10.9. The second-order valence-electron chi connectivity index (χ2n) is 7.10. The second kappa shape index (κ2) is 8.86. The third-order valence-corrected chi connectivity index (χ3v) is 7.03. The Bertz CT molecular complexity index is 749. The van der Waals surface area contributed by atoms with Gasteiger partial charge in [0.25, 0.3) is 0 Å². The quantitative estimate of drug-likeness (QED) is 0.704. The summed E-state index contributed by atoms with van der Waals surface area (Å²) in [5, 5.41) is 15.5. The summed E-state index contributed by atoms with van der Waals surface area (Å²) in [5.41, 5.74) is 2.19. The normalized spacial score (nSPS) is 22.8. The molecule has 140 valence electrons. The van der Waals surface area contributed by atoms with Crippen molar-refractivity contribution in [1.29, 1.82) is 0 Å². The maximum atomic E-state index is 12.3. The molecule has 7 heteroatoms. The number of amides is 1. The van der Waals surface area contributed by atoms with Gasteiger partial charge < -0.3 is 10.6 Å². The van der Waals surface area contributed by atoms with Gasteiger partial charge in [0.2, 0.25) is 11.0 Å². The predicted molar refractivity (Wildman–Crippen MR) is 109 cm³/mol. The van der Waals surface area contributed by atoms with Crippen molar-refractivity contribution in [3.05, 3.63) is 29.8 Å². The van der Waals surface area contributed by atoms with Crippen LogP contribution in [0.4, 0.5) is 10.8 Å². The average molecular weight is 391 g/mol. The molecule has 1 aliphatic rings. The standard InChI is InChI=1S/C19H26N4OS2/c1-12-6-4-8-15(10-12)20-18-22-23-19(26-18)25-11-17(24)21-16-9-5-7-13(2)14(16)3/h4,6,8,10,13-14,16H,5,7,9,11H2,1-3H3,(H,20,22)(H,21,24)/t13-,14+,16-/m0/s1. The number of nitrogens with zero attached hydrogens (tertiary/aromatic N) is 2. The summed E-state index contributed by atoms with van der Waals surface area (Å²) in [6.45, 7) is 6.58. The SMILES string of the molecule is Cc1cccc(Nc2nnc(SCC(=O)N[C@H]3CCC[C@H](C)[C@H]3C)s2)c1. The third kappa shape index (κ3) is 5.20. The smallest absolute Gasteiger partial charge is 0.230 e. The van der Waals surface area contributed by atoms with Gasteiger partial charge in [-0.15, -0.1) is 10.2 Å². The molecule has 1 aromatic carbocycles. The second-order valence-corrected chi connectivity index (χ2v) is 9.30. The van der Waals surface area contributed by atoms with Crippen LogP contribution in [0.25, 0.3) is 0 Å². The van der Waals surface area contributed by atoms with Gasteiger partial charge in [0, 0.05) is 11.7 Å². The zero-order valence-corrected chi connectivity index (χ0v) is 17.1. The lowest BCUT2D eigenvalue weighted by Gasteiger charge is -2.34. The highest BCUT2D eigenvalue weighted by molar-refractivity contribution is 8.01. The molecule has 2 N–H and O–H groups in total. The lowest BCUT2D eigenvalue weighted by molar-refractivity contribution is -0.119. The Balaban J connectivity index is 1.47. The lowest BCUT2D eigenvalue weighted by Crippen LogP contribution is -2.44. The zero-order chi connectivity index (χ0) is 18.5. The van der Waals surface area contributed by atoms with E-state index in [1.165, 1.54) is 41.5 Å². The van der Waals surface area contributed by atoms with Crippen molar-refractivity contribution < 1.29 is 4.79 Å². The van der Waals surface area contributed by atoms with Crippen LogP contribution < -0.4 is 10.6 Å². The van der Waals surface area contributed by atoms with E-state index in [1.807, 2.05) is 12.1 Å². The van der Waals surface area contributed by atoms with E-state index in [2.05, 4.69) is 53.7 Å². The van der Waals surface area contributed by atoms with Crippen LogP contribution in [0.5, 0.6) is 0 Å². The number of aromatic nitrogens is 2. The fourth-order valence-electron chi connectivity index (χ4n) is 3.33. The van der Waals surface area contributed by atoms with Gasteiger partial charge in [-0.2, -0.15) is 0 Å². The van der Waals surface area contributed by atoms with Crippen LogP contribution in [-0.2, 0) is 4.79 Å². The van der Waals surface area contributed by atoms with Crippen molar-refractivity contribution in [2.75, 3.05) is 11.1 Å². The fraction of sp³-hybridized carbons (Fsp3) is 0.526. The van der Waals surface area contributed by atoms with Gasteiger partial charge in [-0.1, -0.05) is 61.9 Å². The summed E-state index contributed by atoms with van der Waals surface area (Å²) >= 11 is 2.92. The molecular weight excluding hydrogens is 364 g/mol. The molecule has 1 fully saturated rings. The fourth-order valence-corrected chi connectivity index (χ4v) is 4.91. The number of carbonyl (C=O) groups is 1. The minimum absolute atomic E-state index is 0.0874. The molecule has 3 rings (SSSR count). The van der Waals surface area contributed by atoms with Crippen LogP contribution in [0, 0.1) is 18.8 Å². The monoisotopic (exact) mass is 390 g/mol. The molecule has 1 heterocycles. The number of anilines is 2. The summed E-state index contributed by atoms with van der Waals surface area (Å²) in [4.78, 5) is 12.3. The van der Waals surface area contributed by atoms with Crippen molar-refractivity contribution in [3.63, 3.8) is 0 Å². The number of hydrogen-bond donors (Lipinski definition) is 2. The van der Waals surface area contributed by atoms with Gasteiger partial charge in [0.05, 0.1) is 5.75 Å². The summed E-state index contributed by atoms with van der Waals surface area (Å²) in [6.07, 6.45) is 3.56. The highest BCUT2D eigenvalue weighted by Gasteiger charge is 2.28. The highest BCUT2D eigenvalue weighted by Crippen LogP contribution is 2.30. The van der Waals surface area contributed by atoms with Gasteiger partial charge in [0.1, 0.15) is 0 Å². The number of hydrogen-bond acceptors (Lipinski definition) is 6. The van der Waals surface area contributed by atoms with E-state index in [4.69, 9.17) is 0 Å². The Morgan fingerprint density at radius 3 is 2.96 bits per heavy atom. The van der Waals surface area contributed by atoms with Crippen molar-refractivity contribution >= 4 is 39.8 Å². The van der Waals surface area contributed by atoms with Crippen LogP contribution in [0.2, 0.25) is 0 Å². The first-order chi connectivity index (χ1) is 12.5. The minimum atomic E-state index is 0.0874.